The zero-order valence-corrected chi connectivity index (χ0v) is 11.5. The Hall–Kier alpha value is -1.22. The highest BCUT2D eigenvalue weighted by Crippen LogP contribution is 2.21. The van der Waals surface area contributed by atoms with Gasteiger partial charge in [-0.1, -0.05) is 0 Å². The zero-order chi connectivity index (χ0) is 14.8. The lowest BCUT2D eigenvalue weighted by Crippen LogP contribution is -2.43. The number of benzene rings is 1. The average molecular weight is 292 g/mol. The maximum atomic E-state index is 13.8. The van der Waals surface area contributed by atoms with Crippen molar-refractivity contribution in [2.24, 2.45) is 0 Å². The summed E-state index contributed by atoms with van der Waals surface area (Å²) in [5.41, 5.74) is 4.08. The van der Waals surface area contributed by atoms with Crippen LogP contribution in [0.3, 0.4) is 0 Å². The number of sulfonamides is 1. The second kappa shape index (κ2) is 5.41. The normalized spacial score (nSPS) is 15.2. The van der Waals surface area contributed by atoms with Gasteiger partial charge >= 0.3 is 0 Å². The number of aliphatic hydroxyl groups is 2. The van der Waals surface area contributed by atoms with Crippen molar-refractivity contribution in [3.8, 4) is 0 Å². The molecule has 0 amide bonds. The molecule has 1 rings (SSSR count). The van der Waals surface area contributed by atoms with E-state index in [0.29, 0.717) is 0 Å². The first-order valence-corrected chi connectivity index (χ1v) is 6.96. The van der Waals surface area contributed by atoms with Gasteiger partial charge in [-0.25, -0.2) is 17.5 Å². The van der Waals surface area contributed by atoms with E-state index in [1.807, 2.05) is 4.72 Å². The Kier molecular flexibility index (Phi) is 4.51. The number of nitrogens with two attached hydrogens (primary N) is 1. The van der Waals surface area contributed by atoms with Gasteiger partial charge in [0.2, 0.25) is 10.0 Å². The van der Waals surface area contributed by atoms with E-state index in [-0.39, 0.29) is 11.3 Å². The second-order valence-corrected chi connectivity index (χ2v) is 6.36. The highest BCUT2D eigenvalue weighted by atomic mass is 32.2. The Morgan fingerprint density at radius 2 is 2.05 bits per heavy atom. The molecule has 0 aliphatic rings. The minimum absolute atomic E-state index is 0.106. The van der Waals surface area contributed by atoms with Gasteiger partial charge in [0.25, 0.3) is 0 Å². The van der Waals surface area contributed by atoms with Gasteiger partial charge in [-0.2, -0.15) is 0 Å². The van der Waals surface area contributed by atoms with Gasteiger partial charge < -0.3 is 15.9 Å². The quantitative estimate of drug-likeness (QED) is 0.558. The third-order valence-corrected chi connectivity index (χ3v) is 3.92. The van der Waals surface area contributed by atoms with Crippen molar-refractivity contribution >= 4 is 15.7 Å². The van der Waals surface area contributed by atoms with Crippen LogP contribution in [0.1, 0.15) is 12.5 Å². The number of aryl methyl sites for hydroxylation is 1. The first kappa shape index (κ1) is 15.8. The van der Waals surface area contributed by atoms with E-state index in [0.717, 1.165) is 6.07 Å². The molecule has 8 heteroatoms. The summed E-state index contributed by atoms with van der Waals surface area (Å²) < 4.78 is 39.7. The van der Waals surface area contributed by atoms with Crippen molar-refractivity contribution in [1.29, 1.82) is 0 Å². The van der Waals surface area contributed by atoms with Gasteiger partial charge in [-0.05, 0) is 31.5 Å². The maximum absolute atomic E-state index is 13.8. The number of rotatable bonds is 5. The molecule has 0 bridgehead atoms. The Labute approximate surface area is 111 Å². The highest BCUT2D eigenvalue weighted by Gasteiger charge is 2.26. The zero-order valence-electron chi connectivity index (χ0n) is 10.6. The highest BCUT2D eigenvalue weighted by molar-refractivity contribution is 7.89. The summed E-state index contributed by atoms with van der Waals surface area (Å²) in [6.45, 7) is 1.57. The topological polar surface area (TPSA) is 113 Å². The van der Waals surface area contributed by atoms with Crippen LogP contribution in [0, 0.1) is 12.7 Å². The lowest BCUT2D eigenvalue weighted by Gasteiger charge is -2.20. The molecule has 0 saturated carbocycles. The van der Waals surface area contributed by atoms with Crippen LogP contribution >= 0.6 is 0 Å². The Balaban J connectivity index is 3.08. The second-order valence-electron chi connectivity index (χ2n) is 4.63. The van der Waals surface area contributed by atoms with E-state index in [1.165, 1.54) is 19.9 Å². The standard InChI is InChI=1S/C11H17FN2O4S/c1-7-3-8(13)4-9(10(7)12)19(17,18)14-5-11(2,16)6-15/h3-4,14-16H,5-6,13H2,1-2H3. The fraction of sp³-hybridized carbons (Fsp3) is 0.455. The number of aliphatic hydroxyl groups excluding tert-OH is 1. The monoisotopic (exact) mass is 292 g/mol. The summed E-state index contributed by atoms with van der Waals surface area (Å²) in [5.74, 6) is -0.898. The predicted molar refractivity (Wildman–Crippen MR) is 68.4 cm³/mol. The molecule has 108 valence electrons. The van der Waals surface area contributed by atoms with E-state index < -0.39 is 39.5 Å². The van der Waals surface area contributed by atoms with Gasteiger partial charge in [-0.3, -0.25) is 0 Å². The molecule has 0 saturated heterocycles. The number of hydrogen-bond acceptors (Lipinski definition) is 5. The molecule has 0 fully saturated rings. The van der Waals surface area contributed by atoms with E-state index in [2.05, 4.69) is 0 Å². The Morgan fingerprint density at radius 1 is 1.47 bits per heavy atom. The summed E-state index contributed by atoms with van der Waals surface area (Å²) in [5, 5.41) is 18.3. The molecule has 1 aromatic rings. The number of halogens is 1. The fourth-order valence-electron chi connectivity index (χ4n) is 1.34. The van der Waals surface area contributed by atoms with Crippen molar-refractivity contribution in [3.63, 3.8) is 0 Å². The molecule has 0 aromatic heterocycles. The van der Waals surface area contributed by atoms with Crippen LogP contribution in [0.4, 0.5) is 10.1 Å². The third-order valence-electron chi connectivity index (χ3n) is 2.52. The number of nitrogen functional groups attached to an aromatic ring is 1. The van der Waals surface area contributed by atoms with Crippen LogP contribution < -0.4 is 10.5 Å². The lowest BCUT2D eigenvalue weighted by molar-refractivity contribution is 0.00680. The van der Waals surface area contributed by atoms with Crippen molar-refractivity contribution in [1.82, 2.24) is 4.72 Å². The summed E-state index contributed by atoms with van der Waals surface area (Å²) >= 11 is 0. The van der Waals surface area contributed by atoms with Crippen LogP contribution in [-0.4, -0.2) is 37.4 Å². The molecule has 1 aromatic carbocycles. The maximum Gasteiger partial charge on any atom is 0.243 e. The predicted octanol–water partition coefficient (Wildman–Crippen LogP) is -0.262. The van der Waals surface area contributed by atoms with Crippen molar-refractivity contribution in [2.75, 3.05) is 18.9 Å². The van der Waals surface area contributed by atoms with Crippen LogP contribution in [0.15, 0.2) is 17.0 Å². The summed E-state index contributed by atoms with van der Waals surface area (Å²) in [6.07, 6.45) is 0. The van der Waals surface area contributed by atoms with Crippen LogP contribution in [0.2, 0.25) is 0 Å². The van der Waals surface area contributed by atoms with Crippen LogP contribution in [0.5, 0.6) is 0 Å². The smallest absolute Gasteiger partial charge is 0.243 e. The minimum atomic E-state index is -4.16. The summed E-state index contributed by atoms with van der Waals surface area (Å²) in [7, 11) is -4.16. The van der Waals surface area contributed by atoms with Gasteiger partial charge in [0, 0.05) is 12.2 Å². The van der Waals surface area contributed by atoms with E-state index in [1.54, 1.807) is 0 Å². The van der Waals surface area contributed by atoms with E-state index in [4.69, 9.17) is 10.8 Å². The van der Waals surface area contributed by atoms with Crippen LogP contribution in [-0.2, 0) is 10.0 Å². The van der Waals surface area contributed by atoms with Crippen molar-refractivity contribution in [3.05, 3.63) is 23.5 Å². The fourth-order valence-corrected chi connectivity index (χ4v) is 2.69. The van der Waals surface area contributed by atoms with E-state index >= 15 is 0 Å². The molecule has 0 spiro atoms. The van der Waals surface area contributed by atoms with E-state index in [9.17, 15) is 17.9 Å². The molecule has 0 aliphatic carbocycles. The molecule has 1 atom stereocenters. The van der Waals surface area contributed by atoms with Gasteiger partial charge in [0.1, 0.15) is 10.7 Å². The van der Waals surface area contributed by atoms with Crippen molar-refractivity contribution < 1.29 is 23.0 Å². The Morgan fingerprint density at radius 3 is 2.58 bits per heavy atom. The average Bonchev–Trinajstić information content (AvgIpc) is 2.31. The molecular formula is C11H17FN2O4S. The van der Waals surface area contributed by atoms with Crippen molar-refractivity contribution in [2.45, 2.75) is 24.3 Å². The molecule has 19 heavy (non-hydrogen) atoms. The molecule has 5 N–H and O–H groups in total. The molecule has 1 unspecified atom stereocenters. The summed E-state index contributed by atoms with van der Waals surface area (Å²) in [4.78, 5) is -0.585. The van der Waals surface area contributed by atoms with Crippen LogP contribution in [0.25, 0.3) is 0 Å². The first-order chi connectivity index (χ1) is 8.59. The lowest BCUT2D eigenvalue weighted by atomic mass is 10.1. The van der Waals surface area contributed by atoms with Gasteiger partial charge in [-0.15, -0.1) is 0 Å². The number of anilines is 1. The van der Waals surface area contributed by atoms with Gasteiger partial charge in [0.15, 0.2) is 0 Å². The summed E-state index contributed by atoms with van der Waals surface area (Å²) in [6, 6.07) is 2.32. The minimum Gasteiger partial charge on any atom is -0.399 e. The molecule has 0 aliphatic heterocycles. The molecule has 6 nitrogen and oxygen atoms in total. The number of hydrogen-bond donors (Lipinski definition) is 4. The number of nitrogens with one attached hydrogen (secondary N) is 1. The Bertz CT molecular complexity index is 572. The largest absolute Gasteiger partial charge is 0.399 e. The molecular weight excluding hydrogens is 275 g/mol. The first-order valence-electron chi connectivity index (χ1n) is 5.47. The van der Waals surface area contributed by atoms with Gasteiger partial charge in [0.05, 0.1) is 12.2 Å². The SMILES string of the molecule is Cc1cc(N)cc(S(=O)(=O)NCC(C)(O)CO)c1F. The molecule has 0 heterocycles. The molecule has 0 radical (unpaired) electrons. The third kappa shape index (κ3) is 3.87.